The molecule has 0 saturated heterocycles. The second-order valence-corrected chi connectivity index (χ2v) is 9.02. The van der Waals surface area contributed by atoms with Crippen LogP contribution in [0.3, 0.4) is 0 Å². The molecular formula is C24H20ClF5N8O2. The van der Waals surface area contributed by atoms with Crippen molar-refractivity contribution < 1.29 is 31.5 Å². The molecule has 1 aromatic carbocycles. The molecule has 0 aliphatic rings. The number of nitrogens with zero attached hydrogens (tertiary/aromatic N) is 6. The Labute approximate surface area is 228 Å². The van der Waals surface area contributed by atoms with Crippen LogP contribution in [0.25, 0.3) is 5.82 Å². The van der Waals surface area contributed by atoms with Gasteiger partial charge in [0.1, 0.15) is 12.2 Å². The summed E-state index contributed by atoms with van der Waals surface area (Å²) in [6.45, 7) is 3.01. The van der Waals surface area contributed by atoms with E-state index in [0.717, 1.165) is 10.2 Å². The third kappa shape index (κ3) is 5.50. The van der Waals surface area contributed by atoms with Gasteiger partial charge in [0, 0.05) is 13.2 Å². The summed E-state index contributed by atoms with van der Waals surface area (Å²) in [7, 11) is 1.44. The van der Waals surface area contributed by atoms with Crippen LogP contribution in [0.2, 0.25) is 5.02 Å². The van der Waals surface area contributed by atoms with Crippen molar-refractivity contribution >= 4 is 29.1 Å². The monoisotopic (exact) mass is 582 g/mol. The van der Waals surface area contributed by atoms with Crippen molar-refractivity contribution in [2.45, 2.75) is 32.5 Å². The number of carbonyl (C=O) groups excluding carboxylic acids is 2. The smallest absolute Gasteiger partial charge is 0.355 e. The van der Waals surface area contributed by atoms with E-state index in [-0.39, 0.29) is 33.5 Å². The molecule has 4 rings (SSSR count). The molecule has 0 radical (unpaired) electrons. The molecule has 3 aromatic heterocycles. The van der Waals surface area contributed by atoms with Gasteiger partial charge in [0.25, 0.3) is 11.8 Å². The molecule has 16 heteroatoms. The van der Waals surface area contributed by atoms with Gasteiger partial charge in [-0.15, -0.1) is 0 Å². The summed E-state index contributed by atoms with van der Waals surface area (Å²) in [5, 5.41) is 16.3. The highest BCUT2D eigenvalue weighted by Crippen LogP contribution is 2.42. The predicted octanol–water partition coefficient (Wildman–Crippen LogP) is 4.44. The van der Waals surface area contributed by atoms with E-state index in [1.165, 1.54) is 31.4 Å². The number of aromatic nitrogens is 6. The third-order valence-electron chi connectivity index (χ3n) is 5.64. The number of rotatable bonds is 7. The van der Waals surface area contributed by atoms with Crippen molar-refractivity contribution in [3.63, 3.8) is 0 Å². The average molecular weight is 583 g/mol. The fourth-order valence-corrected chi connectivity index (χ4v) is 4.00. The first-order valence-corrected chi connectivity index (χ1v) is 11.8. The molecule has 210 valence electrons. The summed E-state index contributed by atoms with van der Waals surface area (Å²) in [6, 6.07) is 7.63. The first kappa shape index (κ1) is 28.6. The predicted molar refractivity (Wildman–Crippen MR) is 133 cm³/mol. The zero-order valence-corrected chi connectivity index (χ0v) is 21.8. The zero-order valence-electron chi connectivity index (χ0n) is 21.0. The maximum absolute atomic E-state index is 13.7. The van der Waals surface area contributed by atoms with E-state index in [2.05, 4.69) is 30.9 Å². The van der Waals surface area contributed by atoms with Gasteiger partial charge in [-0.25, -0.2) is 9.67 Å². The van der Waals surface area contributed by atoms with Gasteiger partial charge in [-0.2, -0.15) is 42.0 Å². The quantitative estimate of drug-likeness (QED) is 0.311. The lowest BCUT2D eigenvalue weighted by atomic mass is 10.0. The Balaban J connectivity index is 1.74. The number of aryl methyl sites for hydroxylation is 2. The van der Waals surface area contributed by atoms with Gasteiger partial charge in [0.2, 0.25) is 0 Å². The SMILES string of the molecule is CNC(=O)c1cc(C)cc(C)c1NC(=O)c1cc(Cn2ncc(C(F)(F)C(F)(F)F)n2)nn1-c1ncccc1Cl. The number of carbonyl (C=O) groups is 2. The number of alkyl halides is 5. The Kier molecular flexibility index (Phi) is 7.61. The van der Waals surface area contributed by atoms with E-state index in [1.54, 1.807) is 26.0 Å². The Morgan fingerprint density at radius 1 is 1.05 bits per heavy atom. The number of nitrogens with one attached hydrogen (secondary N) is 2. The van der Waals surface area contributed by atoms with Crippen LogP contribution in [0, 0.1) is 13.8 Å². The highest BCUT2D eigenvalue weighted by atomic mass is 35.5. The van der Waals surface area contributed by atoms with Crippen molar-refractivity contribution in [3.8, 4) is 5.82 Å². The topological polar surface area (TPSA) is 120 Å². The van der Waals surface area contributed by atoms with Crippen LogP contribution >= 0.6 is 11.6 Å². The van der Waals surface area contributed by atoms with Crippen molar-refractivity contribution in [2.75, 3.05) is 12.4 Å². The van der Waals surface area contributed by atoms with Crippen molar-refractivity contribution in [3.05, 3.63) is 81.5 Å². The van der Waals surface area contributed by atoms with Crippen LogP contribution in [-0.4, -0.2) is 54.8 Å². The number of hydrogen-bond donors (Lipinski definition) is 2. The van der Waals surface area contributed by atoms with Crippen LogP contribution in [0.15, 0.2) is 42.7 Å². The standard InChI is InChI=1S/C24H20ClF5N8O2/c1-12-7-13(2)19(15(8-12)21(39)31-3)34-22(40)17-9-14(35-38(17)20-16(25)5-4-6-32-20)11-37-33-10-18(36-37)23(26,27)24(28,29)30/h4-10H,11H2,1-3H3,(H,31,39)(H,34,40). The van der Waals surface area contributed by atoms with E-state index in [1.807, 2.05) is 0 Å². The summed E-state index contributed by atoms with van der Waals surface area (Å²) in [5.74, 6) is -6.37. The van der Waals surface area contributed by atoms with E-state index >= 15 is 0 Å². The molecule has 0 fully saturated rings. The first-order chi connectivity index (χ1) is 18.7. The van der Waals surface area contributed by atoms with Crippen LogP contribution in [0.5, 0.6) is 0 Å². The van der Waals surface area contributed by atoms with E-state index < -0.39 is 36.2 Å². The number of amides is 2. The van der Waals surface area contributed by atoms with Crippen LogP contribution in [0.1, 0.15) is 43.4 Å². The summed E-state index contributed by atoms with van der Waals surface area (Å²) in [5.41, 5.74) is 0.0834. The molecule has 0 bridgehead atoms. The summed E-state index contributed by atoms with van der Waals surface area (Å²) >= 11 is 6.26. The lowest BCUT2D eigenvalue weighted by molar-refractivity contribution is -0.291. The molecule has 0 aliphatic carbocycles. The number of benzene rings is 1. The molecule has 0 saturated carbocycles. The normalized spacial score (nSPS) is 11.9. The zero-order chi connectivity index (χ0) is 29.4. The average Bonchev–Trinajstić information content (AvgIpc) is 3.52. The summed E-state index contributed by atoms with van der Waals surface area (Å²) in [6.07, 6.45) is -4.18. The molecule has 0 unspecified atom stereocenters. The largest absolute Gasteiger partial charge is 0.459 e. The van der Waals surface area contributed by atoms with Gasteiger partial charge in [-0.1, -0.05) is 17.7 Å². The summed E-state index contributed by atoms with van der Waals surface area (Å²) < 4.78 is 66.6. The third-order valence-corrected chi connectivity index (χ3v) is 5.93. The van der Waals surface area contributed by atoms with E-state index in [4.69, 9.17) is 11.6 Å². The minimum atomic E-state index is -5.86. The van der Waals surface area contributed by atoms with Crippen molar-refractivity contribution in [1.29, 1.82) is 0 Å². The maximum Gasteiger partial charge on any atom is 0.459 e. The van der Waals surface area contributed by atoms with Crippen LogP contribution in [0.4, 0.5) is 27.6 Å². The van der Waals surface area contributed by atoms with Gasteiger partial charge >= 0.3 is 12.1 Å². The van der Waals surface area contributed by atoms with Crippen molar-refractivity contribution in [1.82, 2.24) is 35.1 Å². The molecule has 0 aliphatic heterocycles. The number of halogens is 6. The second kappa shape index (κ2) is 10.6. The van der Waals surface area contributed by atoms with Crippen LogP contribution in [-0.2, 0) is 12.5 Å². The highest BCUT2D eigenvalue weighted by Gasteiger charge is 2.60. The lowest BCUT2D eigenvalue weighted by Gasteiger charge is -2.16. The molecule has 3 heterocycles. The molecule has 0 spiro atoms. The highest BCUT2D eigenvalue weighted by molar-refractivity contribution is 6.32. The van der Waals surface area contributed by atoms with Crippen molar-refractivity contribution in [2.24, 2.45) is 0 Å². The molecule has 2 amide bonds. The second-order valence-electron chi connectivity index (χ2n) is 8.61. The van der Waals surface area contributed by atoms with E-state index in [0.29, 0.717) is 16.6 Å². The molecule has 0 atom stereocenters. The Morgan fingerprint density at radius 3 is 2.42 bits per heavy atom. The van der Waals surface area contributed by atoms with Gasteiger partial charge < -0.3 is 10.6 Å². The van der Waals surface area contributed by atoms with Gasteiger partial charge in [0.15, 0.2) is 11.5 Å². The van der Waals surface area contributed by atoms with E-state index in [9.17, 15) is 31.5 Å². The number of anilines is 1. The first-order valence-electron chi connectivity index (χ1n) is 11.4. The minimum Gasteiger partial charge on any atom is -0.355 e. The Bertz CT molecular complexity index is 1600. The number of hydrogen-bond acceptors (Lipinski definition) is 6. The molecule has 40 heavy (non-hydrogen) atoms. The van der Waals surface area contributed by atoms with Gasteiger partial charge in [-0.05, 0) is 49.2 Å². The van der Waals surface area contributed by atoms with Crippen LogP contribution < -0.4 is 10.6 Å². The molecule has 4 aromatic rings. The lowest BCUT2D eigenvalue weighted by Crippen LogP contribution is -2.34. The fraction of sp³-hybridized carbons (Fsp3) is 0.250. The molecule has 10 nitrogen and oxygen atoms in total. The Hall–Kier alpha value is -4.40. The number of pyridine rings is 1. The Morgan fingerprint density at radius 2 is 1.77 bits per heavy atom. The summed E-state index contributed by atoms with van der Waals surface area (Å²) in [4.78, 5) is 30.7. The molecular weight excluding hydrogens is 563 g/mol. The minimum absolute atomic E-state index is 0.0106. The van der Waals surface area contributed by atoms with Gasteiger partial charge in [-0.3, -0.25) is 9.59 Å². The maximum atomic E-state index is 13.7. The molecule has 2 N–H and O–H groups in total. The van der Waals surface area contributed by atoms with Gasteiger partial charge in [0.05, 0.1) is 28.2 Å². The fourth-order valence-electron chi connectivity index (χ4n) is 3.80.